The molecule has 0 bridgehead atoms. The van der Waals surface area contributed by atoms with Gasteiger partial charge in [0.25, 0.3) is 5.56 Å². The number of halogens is 2. The van der Waals surface area contributed by atoms with Gasteiger partial charge in [0.05, 0.1) is 5.60 Å². The fourth-order valence-electron chi connectivity index (χ4n) is 2.80. The molecule has 20 heavy (non-hydrogen) atoms. The van der Waals surface area contributed by atoms with Crippen LogP contribution in [0.3, 0.4) is 0 Å². The molecule has 1 fully saturated rings. The van der Waals surface area contributed by atoms with E-state index in [0.717, 1.165) is 17.4 Å². The molecule has 5 nitrogen and oxygen atoms in total. The minimum Gasteiger partial charge on any atom is -0.375 e. The summed E-state index contributed by atoms with van der Waals surface area (Å²) >= 11 is 5.47. The molecule has 1 aromatic rings. The second-order valence-electron chi connectivity index (χ2n) is 5.12. The van der Waals surface area contributed by atoms with E-state index in [2.05, 4.69) is 4.98 Å². The zero-order valence-corrected chi connectivity index (χ0v) is 12.3. The Balaban J connectivity index is 2.45. The molecule has 0 aromatic carbocycles. The first-order valence-electron chi connectivity index (χ1n) is 6.78. The highest BCUT2D eigenvalue weighted by Crippen LogP contribution is 2.36. The van der Waals surface area contributed by atoms with Crippen molar-refractivity contribution in [3.8, 4) is 0 Å². The number of ether oxygens (including phenoxy) is 1. The van der Waals surface area contributed by atoms with Crippen LogP contribution < -0.4 is 11.2 Å². The molecule has 1 aromatic heterocycles. The smallest absolute Gasteiger partial charge is 0.329 e. The van der Waals surface area contributed by atoms with E-state index in [1.807, 2.05) is 13.8 Å². The van der Waals surface area contributed by atoms with Gasteiger partial charge in [0.1, 0.15) is 0 Å². The van der Waals surface area contributed by atoms with Crippen LogP contribution in [0.5, 0.6) is 0 Å². The zero-order valence-electron chi connectivity index (χ0n) is 11.5. The van der Waals surface area contributed by atoms with Gasteiger partial charge in [-0.1, -0.05) is 25.4 Å². The summed E-state index contributed by atoms with van der Waals surface area (Å²) in [5.41, 5.74) is -1.99. The van der Waals surface area contributed by atoms with Crippen LogP contribution >= 0.6 is 11.6 Å². The molecule has 2 heterocycles. The van der Waals surface area contributed by atoms with E-state index >= 15 is 0 Å². The van der Waals surface area contributed by atoms with Gasteiger partial charge in [0.15, 0.2) is 5.15 Å². The van der Waals surface area contributed by atoms with E-state index in [9.17, 15) is 14.0 Å². The Morgan fingerprint density at radius 1 is 1.45 bits per heavy atom. The summed E-state index contributed by atoms with van der Waals surface area (Å²) < 4.78 is 20.4. The van der Waals surface area contributed by atoms with Crippen LogP contribution in [0, 0.1) is 5.82 Å². The Labute approximate surface area is 120 Å². The van der Waals surface area contributed by atoms with E-state index < -0.39 is 22.2 Å². The van der Waals surface area contributed by atoms with Crippen LogP contribution in [0.4, 0.5) is 4.39 Å². The Hall–Kier alpha value is -1.14. The van der Waals surface area contributed by atoms with Crippen molar-refractivity contribution >= 4 is 11.6 Å². The summed E-state index contributed by atoms with van der Waals surface area (Å²) in [6.45, 7) is 4.45. The van der Waals surface area contributed by atoms with Crippen molar-refractivity contribution in [3.63, 3.8) is 0 Å². The molecule has 2 rings (SSSR count). The number of nitrogens with zero attached hydrogens (tertiary/aromatic N) is 1. The van der Waals surface area contributed by atoms with Gasteiger partial charge in [0, 0.05) is 12.6 Å². The largest absolute Gasteiger partial charge is 0.375 e. The third-order valence-corrected chi connectivity index (χ3v) is 4.42. The first kappa shape index (κ1) is 15.3. The van der Waals surface area contributed by atoms with Gasteiger partial charge in [-0.2, -0.15) is 4.39 Å². The lowest BCUT2D eigenvalue weighted by atomic mass is 9.86. The average molecular weight is 305 g/mol. The number of rotatable bonds is 3. The lowest BCUT2D eigenvalue weighted by Crippen LogP contribution is -2.46. The molecule has 1 aliphatic rings. The normalized spacial score (nSPS) is 21.9. The van der Waals surface area contributed by atoms with Crippen LogP contribution in [0.1, 0.15) is 45.6 Å². The van der Waals surface area contributed by atoms with Crippen molar-refractivity contribution in [1.82, 2.24) is 9.55 Å². The quantitative estimate of drug-likeness (QED) is 0.871. The predicted molar refractivity (Wildman–Crippen MR) is 73.8 cm³/mol. The minimum atomic E-state index is -1.11. The fraction of sp³-hybridized carbons (Fsp3) is 0.692. The summed E-state index contributed by atoms with van der Waals surface area (Å²) in [7, 11) is 0. The Bertz CT molecular complexity index is 607. The average Bonchev–Trinajstić information content (AvgIpc) is 2.45. The number of nitrogens with one attached hydrogen (secondary N) is 1. The van der Waals surface area contributed by atoms with Crippen molar-refractivity contribution in [3.05, 3.63) is 31.8 Å². The van der Waals surface area contributed by atoms with E-state index in [1.165, 1.54) is 0 Å². The van der Waals surface area contributed by atoms with E-state index in [0.29, 0.717) is 19.4 Å². The molecule has 1 N–H and O–H groups in total. The fourth-order valence-corrected chi connectivity index (χ4v) is 2.96. The molecule has 1 unspecified atom stereocenters. The maximum absolute atomic E-state index is 13.6. The maximum Gasteiger partial charge on any atom is 0.329 e. The SMILES string of the molecule is CCC1(CC)CC(n2c(=O)[nH]c(Cl)c(F)c2=O)CCO1. The maximum atomic E-state index is 13.6. The third kappa shape index (κ3) is 2.54. The highest BCUT2D eigenvalue weighted by Gasteiger charge is 2.36. The van der Waals surface area contributed by atoms with E-state index in [4.69, 9.17) is 16.3 Å². The monoisotopic (exact) mass is 304 g/mol. The summed E-state index contributed by atoms with van der Waals surface area (Å²) in [6.07, 6.45) is 2.58. The molecule has 1 saturated heterocycles. The molecule has 0 amide bonds. The van der Waals surface area contributed by atoms with Crippen LogP contribution in [0.2, 0.25) is 5.15 Å². The second kappa shape index (κ2) is 5.69. The lowest BCUT2D eigenvalue weighted by molar-refractivity contribution is -0.0997. The molecule has 7 heteroatoms. The van der Waals surface area contributed by atoms with Crippen LogP contribution in [0.15, 0.2) is 9.59 Å². The molecular weight excluding hydrogens is 287 g/mol. The molecule has 0 saturated carbocycles. The first-order chi connectivity index (χ1) is 9.44. The molecule has 1 aliphatic heterocycles. The molecule has 0 spiro atoms. The van der Waals surface area contributed by atoms with Gasteiger partial charge in [-0.3, -0.25) is 14.3 Å². The van der Waals surface area contributed by atoms with Gasteiger partial charge in [0.2, 0.25) is 5.82 Å². The van der Waals surface area contributed by atoms with Crippen LogP contribution in [-0.2, 0) is 4.74 Å². The Kier molecular flexibility index (Phi) is 4.34. The standard InChI is InChI=1S/C13H18ClFN2O3/c1-3-13(4-2)7-8(5-6-20-13)17-11(18)9(15)10(14)16-12(17)19/h8H,3-7H2,1-2H3,(H,16,19). The lowest BCUT2D eigenvalue weighted by Gasteiger charge is -2.40. The highest BCUT2D eigenvalue weighted by molar-refractivity contribution is 6.29. The number of H-pyrrole nitrogens is 1. The molecule has 1 atom stereocenters. The predicted octanol–water partition coefficient (Wildman–Crippen LogP) is 2.24. The van der Waals surface area contributed by atoms with E-state index in [1.54, 1.807) is 0 Å². The molecular formula is C13H18ClFN2O3. The number of aromatic amines is 1. The van der Waals surface area contributed by atoms with Crippen molar-refractivity contribution in [2.75, 3.05) is 6.61 Å². The van der Waals surface area contributed by atoms with Gasteiger partial charge in [-0.05, 0) is 25.7 Å². The summed E-state index contributed by atoms with van der Waals surface area (Å²) in [5, 5.41) is -0.541. The Morgan fingerprint density at radius 3 is 2.70 bits per heavy atom. The number of aromatic nitrogens is 2. The van der Waals surface area contributed by atoms with Gasteiger partial charge in [-0.25, -0.2) is 4.79 Å². The molecule has 112 valence electrons. The van der Waals surface area contributed by atoms with Crippen molar-refractivity contribution in [2.45, 2.75) is 51.2 Å². The van der Waals surface area contributed by atoms with Gasteiger partial charge < -0.3 is 4.74 Å². The molecule has 0 aliphatic carbocycles. The summed E-state index contributed by atoms with van der Waals surface area (Å²) in [4.78, 5) is 26.0. The van der Waals surface area contributed by atoms with Gasteiger partial charge in [-0.15, -0.1) is 0 Å². The topological polar surface area (TPSA) is 64.1 Å². The van der Waals surface area contributed by atoms with Crippen LogP contribution in [-0.4, -0.2) is 21.8 Å². The van der Waals surface area contributed by atoms with E-state index in [-0.39, 0.29) is 11.6 Å². The minimum absolute atomic E-state index is 0.356. The van der Waals surface area contributed by atoms with Crippen molar-refractivity contribution < 1.29 is 9.13 Å². The third-order valence-electron chi connectivity index (χ3n) is 4.16. The van der Waals surface area contributed by atoms with Gasteiger partial charge >= 0.3 is 5.69 Å². The van der Waals surface area contributed by atoms with Crippen molar-refractivity contribution in [1.29, 1.82) is 0 Å². The van der Waals surface area contributed by atoms with Crippen LogP contribution in [0.25, 0.3) is 0 Å². The second-order valence-corrected chi connectivity index (χ2v) is 5.50. The Morgan fingerprint density at radius 2 is 2.10 bits per heavy atom. The van der Waals surface area contributed by atoms with Crippen molar-refractivity contribution in [2.24, 2.45) is 0 Å². The number of hydrogen-bond acceptors (Lipinski definition) is 3. The zero-order chi connectivity index (χ0) is 14.9. The first-order valence-corrected chi connectivity index (χ1v) is 7.15. The summed E-state index contributed by atoms with van der Waals surface area (Å²) in [6, 6.07) is -0.369. The number of hydrogen-bond donors (Lipinski definition) is 1. The molecule has 0 radical (unpaired) electrons. The highest BCUT2D eigenvalue weighted by atomic mass is 35.5. The summed E-state index contributed by atoms with van der Waals surface area (Å²) in [5.74, 6) is -1.11.